The third kappa shape index (κ3) is 3.58. The molecule has 3 aromatic rings. The van der Waals surface area contributed by atoms with Crippen molar-refractivity contribution in [2.24, 2.45) is 0 Å². The highest BCUT2D eigenvalue weighted by atomic mass is 35.5. The first-order valence-electron chi connectivity index (χ1n) is 7.88. The minimum atomic E-state index is -0.309. The number of rotatable bonds is 6. The van der Waals surface area contributed by atoms with E-state index in [2.05, 4.69) is 25.9 Å². The number of nitrogens with zero attached hydrogens (tertiary/aromatic N) is 6. The van der Waals surface area contributed by atoms with Crippen LogP contribution in [0.2, 0.25) is 5.02 Å². The van der Waals surface area contributed by atoms with Crippen LogP contribution < -0.4 is 5.32 Å². The Morgan fingerprint density at radius 2 is 2.15 bits per heavy atom. The van der Waals surface area contributed by atoms with Gasteiger partial charge in [0.2, 0.25) is 0 Å². The predicted octanol–water partition coefficient (Wildman–Crippen LogP) is 2.03. The smallest absolute Gasteiger partial charge is 0.257 e. The van der Waals surface area contributed by atoms with E-state index in [1.807, 2.05) is 13.8 Å². The van der Waals surface area contributed by atoms with Gasteiger partial charge in [-0.25, -0.2) is 4.68 Å². The van der Waals surface area contributed by atoms with Crippen LogP contribution in [0.15, 0.2) is 24.5 Å². The van der Waals surface area contributed by atoms with Gasteiger partial charge >= 0.3 is 0 Å². The van der Waals surface area contributed by atoms with Crippen molar-refractivity contribution < 1.29 is 9.53 Å². The fourth-order valence-corrected chi connectivity index (χ4v) is 2.83. The predicted molar refractivity (Wildman–Crippen MR) is 95.7 cm³/mol. The van der Waals surface area contributed by atoms with E-state index in [4.69, 9.17) is 16.3 Å². The molecule has 2 heterocycles. The lowest BCUT2D eigenvalue weighted by Gasteiger charge is -2.09. The summed E-state index contributed by atoms with van der Waals surface area (Å²) in [6.45, 7) is 4.89. The number of methoxy groups -OCH3 is 1. The number of hydrogen-bond acceptors (Lipinski definition) is 6. The number of nitrogens with one attached hydrogen (secondary N) is 1. The van der Waals surface area contributed by atoms with Gasteiger partial charge in [0.15, 0.2) is 0 Å². The summed E-state index contributed by atoms with van der Waals surface area (Å²) >= 11 is 6.28. The highest BCUT2D eigenvalue weighted by molar-refractivity contribution is 6.34. The summed E-state index contributed by atoms with van der Waals surface area (Å²) in [7, 11) is 1.63. The normalized spacial score (nSPS) is 10.9. The highest BCUT2D eigenvalue weighted by Crippen LogP contribution is 2.24. The Labute approximate surface area is 154 Å². The second kappa shape index (κ2) is 7.63. The Morgan fingerprint density at radius 3 is 2.81 bits per heavy atom. The molecular weight excluding hydrogens is 358 g/mol. The van der Waals surface area contributed by atoms with E-state index in [-0.39, 0.29) is 5.91 Å². The van der Waals surface area contributed by atoms with Gasteiger partial charge in [-0.3, -0.25) is 9.48 Å². The Kier molecular flexibility index (Phi) is 5.29. The summed E-state index contributed by atoms with van der Waals surface area (Å²) in [5.74, 6) is -0.309. The van der Waals surface area contributed by atoms with Gasteiger partial charge in [-0.1, -0.05) is 11.6 Å². The SMILES string of the molecule is COCCn1nc(C)c(NC(=O)c2ccc(-n3cnnn3)cc2Cl)c1C. The average Bonchev–Trinajstić information content (AvgIpc) is 3.24. The zero-order chi connectivity index (χ0) is 18.7. The minimum absolute atomic E-state index is 0.303. The van der Waals surface area contributed by atoms with Crippen LogP contribution in [0.1, 0.15) is 21.7 Å². The second-order valence-corrected chi connectivity index (χ2v) is 6.04. The molecule has 0 saturated carbocycles. The Balaban J connectivity index is 1.81. The molecule has 0 aliphatic carbocycles. The van der Waals surface area contributed by atoms with Crippen molar-refractivity contribution in [3.05, 3.63) is 46.5 Å². The van der Waals surface area contributed by atoms with E-state index in [1.54, 1.807) is 30.0 Å². The molecule has 1 N–H and O–H groups in total. The van der Waals surface area contributed by atoms with Gasteiger partial charge < -0.3 is 10.1 Å². The topological polar surface area (TPSA) is 99.8 Å². The molecule has 3 rings (SSSR count). The number of carbonyl (C=O) groups excluding carboxylic acids is 1. The van der Waals surface area contributed by atoms with E-state index >= 15 is 0 Å². The van der Waals surface area contributed by atoms with Crippen LogP contribution in [0, 0.1) is 13.8 Å². The van der Waals surface area contributed by atoms with E-state index in [9.17, 15) is 4.79 Å². The number of ether oxygens (including phenoxy) is 1. The number of benzene rings is 1. The molecule has 0 saturated heterocycles. The summed E-state index contributed by atoms with van der Waals surface area (Å²) in [5.41, 5.74) is 3.28. The zero-order valence-corrected chi connectivity index (χ0v) is 15.4. The van der Waals surface area contributed by atoms with Gasteiger partial charge in [0, 0.05) is 7.11 Å². The lowest BCUT2D eigenvalue weighted by atomic mass is 10.2. The lowest BCUT2D eigenvalue weighted by Crippen LogP contribution is -2.14. The zero-order valence-electron chi connectivity index (χ0n) is 14.6. The number of amides is 1. The molecule has 136 valence electrons. The van der Waals surface area contributed by atoms with Crippen LogP contribution in [-0.2, 0) is 11.3 Å². The average molecular weight is 376 g/mol. The van der Waals surface area contributed by atoms with E-state index in [1.165, 1.54) is 11.0 Å². The molecule has 2 aromatic heterocycles. The molecular formula is C16H18ClN7O2. The van der Waals surface area contributed by atoms with Gasteiger partial charge in [-0.2, -0.15) is 5.10 Å². The maximum Gasteiger partial charge on any atom is 0.257 e. The van der Waals surface area contributed by atoms with Gasteiger partial charge in [0.1, 0.15) is 6.33 Å². The Hall–Kier alpha value is -2.78. The second-order valence-electron chi connectivity index (χ2n) is 5.63. The third-order valence-corrected chi connectivity index (χ3v) is 4.25. The number of aryl methyl sites for hydroxylation is 1. The number of aromatic nitrogens is 6. The van der Waals surface area contributed by atoms with E-state index in [0.29, 0.717) is 35.1 Å². The molecule has 10 heteroatoms. The van der Waals surface area contributed by atoms with Crippen molar-refractivity contribution >= 4 is 23.2 Å². The number of halogens is 1. The third-order valence-electron chi connectivity index (χ3n) is 3.94. The Morgan fingerprint density at radius 1 is 1.35 bits per heavy atom. The number of carbonyl (C=O) groups is 1. The quantitative estimate of drug-likeness (QED) is 0.707. The largest absolute Gasteiger partial charge is 0.383 e. The van der Waals surface area contributed by atoms with E-state index < -0.39 is 0 Å². The maximum atomic E-state index is 12.7. The first-order chi connectivity index (χ1) is 12.5. The summed E-state index contributed by atoms with van der Waals surface area (Å²) in [5, 5.41) is 18.6. The van der Waals surface area contributed by atoms with Gasteiger partial charge in [-0.05, 0) is 42.5 Å². The van der Waals surface area contributed by atoms with Crippen LogP contribution >= 0.6 is 11.6 Å². The maximum absolute atomic E-state index is 12.7. The van der Waals surface area contributed by atoms with Gasteiger partial charge in [-0.15, -0.1) is 5.10 Å². The summed E-state index contributed by atoms with van der Waals surface area (Å²) in [6, 6.07) is 4.99. The summed E-state index contributed by atoms with van der Waals surface area (Å²) in [6.07, 6.45) is 1.45. The summed E-state index contributed by atoms with van der Waals surface area (Å²) in [4.78, 5) is 12.7. The van der Waals surface area contributed by atoms with Crippen LogP contribution in [-0.4, -0.2) is 49.6 Å². The first-order valence-corrected chi connectivity index (χ1v) is 8.26. The van der Waals surface area contributed by atoms with Crippen molar-refractivity contribution in [2.45, 2.75) is 20.4 Å². The van der Waals surface area contributed by atoms with E-state index in [0.717, 1.165) is 11.4 Å². The molecule has 1 amide bonds. The minimum Gasteiger partial charge on any atom is -0.383 e. The fourth-order valence-electron chi connectivity index (χ4n) is 2.56. The molecule has 0 aliphatic heterocycles. The van der Waals surface area contributed by atoms with Crippen molar-refractivity contribution in [2.75, 3.05) is 19.0 Å². The molecule has 9 nitrogen and oxygen atoms in total. The van der Waals surface area contributed by atoms with Crippen LogP contribution in [0.3, 0.4) is 0 Å². The highest BCUT2D eigenvalue weighted by Gasteiger charge is 2.17. The van der Waals surface area contributed by atoms with Crippen molar-refractivity contribution in [1.29, 1.82) is 0 Å². The van der Waals surface area contributed by atoms with Crippen LogP contribution in [0.4, 0.5) is 5.69 Å². The van der Waals surface area contributed by atoms with Gasteiger partial charge in [0.25, 0.3) is 5.91 Å². The molecule has 0 aliphatic rings. The standard InChI is InChI=1S/C16H18ClN7O2/c1-10-15(11(2)23(20-10)6-7-26-3)19-16(25)13-5-4-12(8-14(13)17)24-9-18-21-22-24/h4-5,8-9H,6-7H2,1-3H3,(H,19,25). The molecule has 0 unspecified atom stereocenters. The van der Waals surface area contributed by atoms with Crippen molar-refractivity contribution in [3.8, 4) is 5.69 Å². The lowest BCUT2D eigenvalue weighted by molar-refractivity contribution is 0.102. The van der Waals surface area contributed by atoms with Crippen molar-refractivity contribution in [3.63, 3.8) is 0 Å². The monoisotopic (exact) mass is 375 g/mol. The molecule has 0 radical (unpaired) electrons. The molecule has 0 bridgehead atoms. The molecule has 0 spiro atoms. The summed E-state index contributed by atoms with van der Waals surface area (Å²) < 4.78 is 8.34. The fraction of sp³-hybridized carbons (Fsp3) is 0.312. The Bertz CT molecular complexity index is 921. The molecule has 0 atom stereocenters. The van der Waals surface area contributed by atoms with Crippen LogP contribution in [0.25, 0.3) is 5.69 Å². The number of anilines is 1. The van der Waals surface area contributed by atoms with Crippen molar-refractivity contribution in [1.82, 2.24) is 30.0 Å². The molecule has 0 fully saturated rings. The molecule has 1 aromatic carbocycles. The molecule has 26 heavy (non-hydrogen) atoms. The van der Waals surface area contributed by atoms with Gasteiger partial charge in [0.05, 0.1) is 46.5 Å². The van der Waals surface area contributed by atoms with Crippen LogP contribution in [0.5, 0.6) is 0 Å². The first kappa shape index (κ1) is 18.0. The number of hydrogen-bond donors (Lipinski definition) is 1. The number of tetrazole rings is 1.